The standard InChI is InChI=1S/C10H12INO2S/c1-10(14)2-3-12(6-10)9(13)7-4-8(11)15-5-7/h4-5,14H,2-3,6H2,1H3. The van der Waals surface area contributed by atoms with E-state index < -0.39 is 5.60 Å². The van der Waals surface area contributed by atoms with E-state index in [2.05, 4.69) is 22.6 Å². The van der Waals surface area contributed by atoms with E-state index in [9.17, 15) is 9.90 Å². The maximum atomic E-state index is 12.0. The Kier molecular flexibility index (Phi) is 3.05. The van der Waals surface area contributed by atoms with Gasteiger partial charge in [0.25, 0.3) is 5.91 Å². The monoisotopic (exact) mass is 337 g/mol. The van der Waals surface area contributed by atoms with Crippen LogP contribution in [0.2, 0.25) is 0 Å². The zero-order chi connectivity index (χ0) is 11.1. The molecule has 0 saturated carbocycles. The number of rotatable bonds is 1. The van der Waals surface area contributed by atoms with Gasteiger partial charge in [-0.1, -0.05) is 0 Å². The first-order chi connectivity index (χ1) is 6.98. The van der Waals surface area contributed by atoms with Gasteiger partial charge in [0, 0.05) is 18.5 Å². The minimum absolute atomic E-state index is 0.0342. The van der Waals surface area contributed by atoms with E-state index >= 15 is 0 Å². The summed E-state index contributed by atoms with van der Waals surface area (Å²) in [6.07, 6.45) is 0.667. The minimum atomic E-state index is -0.709. The van der Waals surface area contributed by atoms with Crippen LogP contribution in [0.3, 0.4) is 0 Å². The molecule has 1 N–H and O–H groups in total. The number of nitrogens with zero attached hydrogens (tertiary/aromatic N) is 1. The molecule has 1 amide bonds. The Morgan fingerprint density at radius 2 is 2.47 bits per heavy atom. The van der Waals surface area contributed by atoms with Crippen molar-refractivity contribution in [2.45, 2.75) is 18.9 Å². The molecule has 1 aromatic heterocycles. The van der Waals surface area contributed by atoms with E-state index in [-0.39, 0.29) is 5.91 Å². The quantitative estimate of drug-likeness (QED) is 0.796. The molecule has 2 rings (SSSR count). The lowest BCUT2D eigenvalue weighted by molar-refractivity contribution is 0.0572. The van der Waals surface area contributed by atoms with Gasteiger partial charge < -0.3 is 10.0 Å². The van der Waals surface area contributed by atoms with Gasteiger partial charge in [-0.25, -0.2) is 0 Å². The van der Waals surface area contributed by atoms with Crippen molar-refractivity contribution in [3.8, 4) is 0 Å². The second-order valence-electron chi connectivity index (χ2n) is 4.11. The van der Waals surface area contributed by atoms with Crippen molar-refractivity contribution in [1.29, 1.82) is 0 Å². The fourth-order valence-electron chi connectivity index (χ4n) is 1.72. The van der Waals surface area contributed by atoms with E-state index in [0.717, 1.165) is 8.45 Å². The van der Waals surface area contributed by atoms with Gasteiger partial charge in [0.2, 0.25) is 0 Å². The van der Waals surface area contributed by atoms with E-state index in [0.29, 0.717) is 19.5 Å². The molecule has 1 saturated heterocycles. The highest BCUT2D eigenvalue weighted by molar-refractivity contribution is 14.1. The Morgan fingerprint density at radius 3 is 2.93 bits per heavy atom. The van der Waals surface area contributed by atoms with E-state index in [1.54, 1.807) is 23.2 Å². The zero-order valence-corrected chi connectivity index (χ0v) is 11.3. The summed E-state index contributed by atoms with van der Waals surface area (Å²) in [5.41, 5.74) is 0.0286. The lowest BCUT2D eigenvalue weighted by Gasteiger charge is -2.18. The van der Waals surface area contributed by atoms with Gasteiger partial charge >= 0.3 is 0 Å². The van der Waals surface area contributed by atoms with Crippen molar-refractivity contribution in [2.75, 3.05) is 13.1 Å². The molecule has 1 atom stereocenters. The molecule has 0 aliphatic carbocycles. The van der Waals surface area contributed by atoms with Crippen molar-refractivity contribution in [3.63, 3.8) is 0 Å². The number of likely N-dealkylation sites (tertiary alicyclic amines) is 1. The molecule has 0 aromatic carbocycles. The van der Waals surface area contributed by atoms with Gasteiger partial charge in [-0.3, -0.25) is 4.79 Å². The molecular formula is C10H12INO2S. The fourth-order valence-corrected chi connectivity index (χ4v) is 3.04. The summed E-state index contributed by atoms with van der Waals surface area (Å²) in [5, 5.41) is 11.6. The van der Waals surface area contributed by atoms with Crippen LogP contribution in [0.5, 0.6) is 0 Å². The second kappa shape index (κ2) is 4.03. The highest BCUT2D eigenvalue weighted by Gasteiger charge is 2.34. The average molecular weight is 337 g/mol. The Hall–Kier alpha value is -0.140. The van der Waals surface area contributed by atoms with Crippen molar-refractivity contribution in [1.82, 2.24) is 4.90 Å². The lowest BCUT2D eigenvalue weighted by Crippen LogP contribution is -2.33. The molecule has 0 bridgehead atoms. The lowest BCUT2D eigenvalue weighted by atomic mass is 10.1. The molecule has 0 spiro atoms. The van der Waals surface area contributed by atoms with E-state index in [4.69, 9.17) is 0 Å². The first-order valence-corrected chi connectivity index (χ1v) is 6.69. The molecule has 1 aliphatic rings. The van der Waals surface area contributed by atoms with Crippen LogP contribution in [0, 0.1) is 2.88 Å². The van der Waals surface area contributed by atoms with E-state index in [1.165, 1.54) is 0 Å². The SMILES string of the molecule is CC1(O)CCN(C(=O)c2csc(I)c2)C1. The third kappa shape index (κ3) is 2.51. The summed E-state index contributed by atoms with van der Waals surface area (Å²) in [6.45, 7) is 2.87. The van der Waals surface area contributed by atoms with Gasteiger partial charge in [-0.05, 0) is 42.0 Å². The third-order valence-corrected chi connectivity index (χ3v) is 4.34. The molecule has 3 nitrogen and oxygen atoms in total. The van der Waals surface area contributed by atoms with Crippen LogP contribution in [0.15, 0.2) is 11.4 Å². The molecule has 1 aromatic rings. The maximum absolute atomic E-state index is 12.0. The van der Waals surface area contributed by atoms with Gasteiger partial charge in [0.1, 0.15) is 0 Å². The number of aliphatic hydroxyl groups is 1. The van der Waals surface area contributed by atoms with Gasteiger partial charge in [0.05, 0.1) is 14.0 Å². The van der Waals surface area contributed by atoms with Crippen LogP contribution in [-0.2, 0) is 0 Å². The molecular weight excluding hydrogens is 325 g/mol. The van der Waals surface area contributed by atoms with Gasteiger partial charge in [-0.2, -0.15) is 0 Å². The molecule has 0 radical (unpaired) electrons. The molecule has 2 heterocycles. The Balaban J connectivity index is 2.10. The Bertz CT molecular complexity index is 389. The number of thiophene rings is 1. The van der Waals surface area contributed by atoms with Crippen molar-refractivity contribution in [3.05, 3.63) is 19.9 Å². The summed E-state index contributed by atoms with van der Waals surface area (Å²) >= 11 is 3.77. The van der Waals surface area contributed by atoms with Crippen molar-refractivity contribution in [2.24, 2.45) is 0 Å². The number of hydrogen-bond acceptors (Lipinski definition) is 3. The number of carbonyl (C=O) groups excluding carboxylic acids is 1. The minimum Gasteiger partial charge on any atom is -0.388 e. The summed E-state index contributed by atoms with van der Waals surface area (Å²) in [6, 6.07) is 1.89. The zero-order valence-electron chi connectivity index (χ0n) is 8.36. The summed E-state index contributed by atoms with van der Waals surface area (Å²) in [5.74, 6) is 0.0342. The van der Waals surface area contributed by atoms with Crippen LogP contribution < -0.4 is 0 Å². The third-order valence-electron chi connectivity index (χ3n) is 2.55. The summed E-state index contributed by atoms with van der Waals surface area (Å²) in [4.78, 5) is 13.7. The van der Waals surface area contributed by atoms with Crippen LogP contribution in [0.4, 0.5) is 0 Å². The highest BCUT2D eigenvalue weighted by Crippen LogP contribution is 2.24. The predicted octanol–water partition coefficient (Wildman–Crippen LogP) is 1.95. The molecule has 1 fully saturated rings. The van der Waals surface area contributed by atoms with Crippen LogP contribution in [-0.4, -0.2) is 34.6 Å². The van der Waals surface area contributed by atoms with E-state index in [1.807, 2.05) is 11.4 Å². The molecule has 1 unspecified atom stereocenters. The largest absolute Gasteiger partial charge is 0.388 e. The summed E-state index contributed by atoms with van der Waals surface area (Å²) < 4.78 is 1.11. The normalized spacial score (nSPS) is 25.9. The number of β-amino-alcohol motifs (C(OH)–C–C–N with tert-alkyl or cyclic N) is 1. The van der Waals surface area contributed by atoms with Crippen LogP contribution >= 0.6 is 33.9 Å². The maximum Gasteiger partial charge on any atom is 0.254 e. The van der Waals surface area contributed by atoms with Crippen LogP contribution in [0.25, 0.3) is 0 Å². The topological polar surface area (TPSA) is 40.5 Å². The first-order valence-electron chi connectivity index (χ1n) is 4.74. The molecule has 5 heteroatoms. The number of hydrogen-bond donors (Lipinski definition) is 1. The molecule has 1 aliphatic heterocycles. The number of halogens is 1. The Morgan fingerprint density at radius 1 is 1.73 bits per heavy atom. The van der Waals surface area contributed by atoms with Crippen molar-refractivity contribution >= 4 is 39.8 Å². The van der Waals surface area contributed by atoms with Crippen LogP contribution in [0.1, 0.15) is 23.7 Å². The van der Waals surface area contributed by atoms with Crippen molar-refractivity contribution < 1.29 is 9.90 Å². The van der Waals surface area contributed by atoms with Gasteiger partial charge in [0.15, 0.2) is 0 Å². The summed E-state index contributed by atoms with van der Waals surface area (Å²) in [7, 11) is 0. The second-order valence-corrected chi connectivity index (χ2v) is 6.92. The predicted molar refractivity (Wildman–Crippen MR) is 68.2 cm³/mol. The molecule has 82 valence electrons. The first kappa shape index (κ1) is 11.3. The molecule has 15 heavy (non-hydrogen) atoms. The smallest absolute Gasteiger partial charge is 0.254 e. The number of carbonyl (C=O) groups is 1. The Labute approximate surface area is 106 Å². The average Bonchev–Trinajstić information content (AvgIpc) is 2.71. The highest BCUT2D eigenvalue weighted by atomic mass is 127. The number of amides is 1. The van der Waals surface area contributed by atoms with Gasteiger partial charge in [-0.15, -0.1) is 11.3 Å². The fraction of sp³-hybridized carbons (Fsp3) is 0.500.